The number of aliphatic hydroxyl groups excluding tert-OH is 2. The van der Waals surface area contributed by atoms with Crippen molar-refractivity contribution in [2.24, 2.45) is 0 Å². The second kappa shape index (κ2) is 5.77. The second-order valence-corrected chi connectivity index (χ2v) is 5.70. The molecule has 23 heavy (non-hydrogen) atoms. The molecule has 1 aromatic carbocycles. The molecule has 122 valence electrons. The van der Waals surface area contributed by atoms with Crippen molar-refractivity contribution in [3.05, 3.63) is 68.5 Å². The van der Waals surface area contributed by atoms with Gasteiger partial charge in [0.2, 0.25) is 0 Å². The van der Waals surface area contributed by atoms with E-state index in [0.717, 1.165) is 0 Å². The van der Waals surface area contributed by atoms with Crippen LogP contribution in [0.5, 0.6) is 0 Å². The topological polar surface area (TPSA) is 105 Å². The fourth-order valence-corrected chi connectivity index (χ4v) is 2.96. The average molecular weight is 318 g/mol. The smallest absolute Gasteiger partial charge is 0.330 e. The molecule has 0 spiro atoms. The first-order chi connectivity index (χ1) is 11.0. The van der Waals surface area contributed by atoms with Gasteiger partial charge in [0.15, 0.2) is 5.72 Å². The first-order valence-corrected chi connectivity index (χ1v) is 7.33. The van der Waals surface area contributed by atoms with E-state index < -0.39 is 29.2 Å². The summed E-state index contributed by atoms with van der Waals surface area (Å²) in [6.45, 7) is 1.22. The highest BCUT2D eigenvalue weighted by Gasteiger charge is 2.49. The number of hydrogen-bond donors (Lipinski definition) is 3. The normalized spacial score (nSPS) is 27.3. The number of H-pyrrole nitrogens is 1. The highest BCUT2D eigenvalue weighted by molar-refractivity contribution is 5.26. The molecule has 0 aliphatic carbocycles. The lowest BCUT2D eigenvalue weighted by molar-refractivity contribution is -0.0938. The van der Waals surface area contributed by atoms with Crippen LogP contribution in [-0.4, -0.2) is 38.6 Å². The lowest BCUT2D eigenvalue weighted by Crippen LogP contribution is -2.45. The minimum Gasteiger partial charge on any atom is -0.394 e. The lowest BCUT2D eigenvalue weighted by Gasteiger charge is -2.31. The van der Waals surface area contributed by atoms with E-state index in [4.69, 9.17) is 4.74 Å². The molecule has 1 aliphatic heterocycles. The Morgan fingerprint density at radius 1 is 1.35 bits per heavy atom. The molecule has 7 nitrogen and oxygen atoms in total. The highest BCUT2D eigenvalue weighted by Crippen LogP contribution is 2.39. The number of nitrogens with zero attached hydrogens (tertiary/aromatic N) is 1. The third kappa shape index (κ3) is 2.52. The number of ether oxygens (including phenoxy) is 1. The predicted octanol–water partition coefficient (Wildman–Crippen LogP) is -0.312. The average Bonchev–Trinajstić information content (AvgIpc) is 2.89. The number of benzene rings is 1. The van der Waals surface area contributed by atoms with Crippen LogP contribution in [0.2, 0.25) is 0 Å². The third-order valence-electron chi connectivity index (χ3n) is 4.18. The van der Waals surface area contributed by atoms with Crippen LogP contribution in [0.25, 0.3) is 0 Å². The van der Waals surface area contributed by atoms with Crippen LogP contribution < -0.4 is 11.2 Å². The molecule has 0 saturated carbocycles. The summed E-state index contributed by atoms with van der Waals surface area (Å²) in [6, 6.07) is 8.97. The van der Waals surface area contributed by atoms with Gasteiger partial charge in [-0.15, -0.1) is 0 Å². The van der Waals surface area contributed by atoms with E-state index in [1.54, 1.807) is 31.2 Å². The zero-order chi connectivity index (χ0) is 16.6. The third-order valence-corrected chi connectivity index (χ3v) is 4.18. The molecule has 3 rings (SSSR count). The summed E-state index contributed by atoms with van der Waals surface area (Å²) >= 11 is 0. The molecule has 3 N–H and O–H groups in total. The molecule has 0 unspecified atom stereocenters. The van der Waals surface area contributed by atoms with Gasteiger partial charge in [-0.25, -0.2) is 4.79 Å². The molecule has 1 aliphatic rings. The Kier molecular flexibility index (Phi) is 3.93. The fourth-order valence-electron chi connectivity index (χ4n) is 2.96. The maximum Gasteiger partial charge on any atom is 0.330 e. The van der Waals surface area contributed by atoms with Gasteiger partial charge in [0.1, 0.15) is 6.10 Å². The number of aliphatic hydroxyl groups is 2. The Bertz CT molecular complexity index is 813. The molecular formula is C16H18N2O5. The molecule has 1 saturated heterocycles. The van der Waals surface area contributed by atoms with Crippen molar-refractivity contribution in [3.8, 4) is 0 Å². The summed E-state index contributed by atoms with van der Waals surface area (Å²) in [6.07, 6.45) is -0.234. The van der Waals surface area contributed by atoms with Gasteiger partial charge < -0.3 is 14.9 Å². The van der Waals surface area contributed by atoms with Crippen molar-refractivity contribution < 1.29 is 14.9 Å². The Balaban J connectivity index is 2.25. The first-order valence-electron chi connectivity index (χ1n) is 7.33. The SMILES string of the molecule is Cc1cn([C@@]2(c3ccccc3)C[C@H](O)[C@@H](CO)O2)c(=O)[nH]c1=O. The number of nitrogens with one attached hydrogen (secondary N) is 1. The largest absolute Gasteiger partial charge is 0.394 e. The molecule has 2 aromatic rings. The maximum absolute atomic E-state index is 12.3. The van der Waals surface area contributed by atoms with Gasteiger partial charge in [0, 0.05) is 23.7 Å². The van der Waals surface area contributed by atoms with Crippen molar-refractivity contribution in [3.63, 3.8) is 0 Å². The summed E-state index contributed by atoms with van der Waals surface area (Å²) in [7, 11) is 0. The zero-order valence-electron chi connectivity index (χ0n) is 12.6. The summed E-state index contributed by atoms with van der Waals surface area (Å²) < 4.78 is 7.17. The number of hydrogen-bond acceptors (Lipinski definition) is 5. The number of aromatic nitrogens is 2. The lowest BCUT2D eigenvalue weighted by atomic mass is 9.97. The van der Waals surface area contributed by atoms with Crippen molar-refractivity contribution in [2.75, 3.05) is 6.61 Å². The second-order valence-electron chi connectivity index (χ2n) is 5.70. The Labute approximate surface area is 131 Å². The summed E-state index contributed by atoms with van der Waals surface area (Å²) in [5.41, 5.74) is -1.36. The van der Waals surface area contributed by atoms with Crippen LogP contribution in [0.3, 0.4) is 0 Å². The minimum atomic E-state index is -1.28. The van der Waals surface area contributed by atoms with Crippen molar-refractivity contribution in [1.29, 1.82) is 0 Å². The number of rotatable bonds is 3. The van der Waals surface area contributed by atoms with Gasteiger partial charge in [0.05, 0.1) is 12.7 Å². The Hall–Kier alpha value is -2.22. The first kappa shape index (κ1) is 15.7. The van der Waals surface area contributed by atoms with Crippen molar-refractivity contribution in [1.82, 2.24) is 9.55 Å². The Morgan fingerprint density at radius 2 is 2.04 bits per heavy atom. The molecule has 3 atom stereocenters. The molecular weight excluding hydrogens is 300 g/mol. The van der Waals surface area contributed by atoms with Crippen LogP contribution in [0.1, 0.15) is 17.5 Å². The predicted molar refractivity (Wildman–Crippen MR) is 82.2 cm³/mol. The van der Waals surface area contributed by atoms with Crippen molar-refractivity contribution >= 4 is 0 Å². The summed E-state index contributed by atoms with van der Waals surface area (Å²) in [5.74, 6) is 0. The molecule has 1 fully saturated rings. The van der Waals surface area contributed by atoms with Gasteiger partial charge in [-0.2, -0.15) is 0 Å². The quantitative estimate of drug-likeness (QED) is 0.720. The molecule has 1 aromatic heterocycles. The van der Waals surface area contributed by atoms with E-state index >= 15 is 0 Å². The van der Waals surface area contributed by atoms with Crippen LogP contribution in [-0.2, 0) is 10.5 Å². The number of aryl methyl sites for hydroxylation is 1. The van der Waals surface area contributed by atoms with Crippen LogP contribution in [0.15, 0.2) is 46.1 Å². The van der Waals surface area contributed by atoms with Gasteiger partial charge in [0.25, 0.3) is 5.56 Å². The van der Waals surface area contributed by atoms with E-state index in [1.165, 1.54) is 10.8 Å². The monoisotopic (exact) mass is 318 g/mol. The molecule has 0 radical (unpaired) electrons. The van der Waals surface area contributed by atoms with E-state index in [0.29, 0.717) is 11.1 Å². The zero-order valence-corrected chi connectivity index (χ0v) is 12.6. The van der Waals surface area contributed by atoms with Gasteiger partial charge >= 0.3 is 5.69 Å². The fraction of sp³-hybridized carbons (Fsp3) is 0.375. The van der Waals surface area contributed by atoms with Crippen molar-refractivity contribution in [2.45, 2.75) is 31.3 Å². The van der Waals surface area contributed by atoms with Gasteiger partial charge in [-0.1, -0.05) is 30.3 Å². The van der Waals surface area contributed by atoms with E-state index in [9.17, 15) is 19.8 Å². The van der Waals surface area contributed by atoms with Gasteiger partial charge in [-0.05, 0) is 6.92 Å². The highest BCUT2D eigenvalue weighted by atomic mass is 16.6. The molecule has 7 heteroatoms. The van der Waals surface area contributed by atoms with Gasteiger partial charge in [-0.3, -0.25) is 14.3 Å². The van der Waals surface area contributed by atoms with Crippen LogP contribution in [0, 0.1) is 6.92 Å². The standard InChI is InChI=1S/C16H18N2O5/c1-10-8-18(15(22)17-14(10)21)16(11-5-3-2-4-6-11)7-12(20)13(9-19)23-16/h2-6,8,12-13,19-20H,7,9H2,1H3,(H,17,21,22)/t12-,13+,16-/m0/s1. The summed E-state index contributed by atoms with van der Waals surface area (Å²) in [4.78, 5) is 26.2. The molecule has 0 bridgehead atoms. The minimum absolute atomic E-state index is 0.0909. The number of aromatic amines is 1. The maximum atomic E-state index is 12.3. The summed E-state index contributed by atoms with van der Waals surface area (Å²) in [5, 5.41) is 19.6. The van der Waals surface area contributed by atoms with E-state index in [1.807, 2.05) is 6.07 Å². The van der Waals surface area contributed by atoms with Crippen LogP contribution in [0.4, 0.5) is 0 Å². The van der Waals surface area contributed by atoms with E-state index in [2.05, 4.69) is 4.98 Å². The molecule has 0 amide bonds. The molecule has 2 heterocycles. The Morgan fingerprint density at radius 3 is 2.65 bits per heavy atom. The van der Waals surface area contributed by atoms with E-state index in [-0.39, 0.29) is 13.0 Å². The van der Waals surface area contributed by atoms with Crippen LogP contribution >= 0.6 is 0 Å².